The molecule has 0 heterocycles. The molecule has 4 aromatic rings. The average Bonchev–Trinajstić information content (AvgIpc) is 2.94. The fourth-order valence-electron chi connectivity index (χ4n) is 4.86. The number of nitrogens with one attached hydrogen (secondary N) is 1. The number of carbonyl (C=O) groups is 1. The summed E-state index contributed by atoms with van der Waals surface area (Å²) >= 11 is 1.29. The lowest BCUT2D eigenvalue weighted by Crippen LogP contribution is -2.18. The van der Waals surface area contributed by atoms with Gasteiger partial charge in [0.15, 0.2) is 5.12 Å². The van der Waals surface area contributed by atoms with E-state index in [-0.39, 0.29) is 15.9 Å². The van der Waals surface area contributed by atoms with Crippen molar-refractivity contribution in [3.8, 4) is 5.75 Å². The van der Waals surface area contributed by atoms with Gasteiger partial charge >= 0.3 is 0 Å². The molecule has 0 fully saturated rings. The van der Waals surface area contributed by atoms with Gasteiger partial charge in [-0.15, -0.1) is 0 Å². The Morgan fingerprint density at radius 1 is 0.810 bits per heavy atom. The lowest BCUT2D eigenvalue weighted by Gasteiger charge is -2.28. The maximum atomic E-state index is 13.1. The van der Waals surface area contributed by atoms with E-state index in [0.717, 1.165) is 58.2 Å². The first-order valence-electron chi connectivity index (χ1n) is 14.6. The summed E-state index contributed by atoms with van der Waals surface area (Å²) in [5.41, 5.74) is 5.52. The number of unbranched alkanes of at least 4 members (excludes halogenated alkanes) is 1. The van der Waals surface area contributed by atoms with Crippen molar-refractivity contribution in [3.05, 3.63) is 108 Å². The maximum Gasteiger partial charge on any atom is 0.193 e. The number of hydrogen-bond acceptors (Lipinski definition) is 5. The fraction of sp³-hybridized carbons (Fsp3) is 0.324. The van der Waals surface area contributed by atoms with E-state index in [1.165, 1.54) is 11.8 Å². The van der Waals surface area contributed by atoms with Gasteiger partial charge in [0.25, 0.3) is 0 Å². The predicted octanol–water partition coefficient (Wildman–Crippen LogP) is 9.96. The number of para-hydroxylation sites is 1. The van der Waals surface area contributed by atoms with Gasteiger partial charge in [-0.1, -0.05) is 83.6 Å². The molecule has 0 saturated carbocycles. The van der Waals surface area contributed by atoms with Gasteiger partial charge in [0.1, 0.15) is 5.75 Å². The second-order valence-corrected chi connectivity index (χ2v) is 13.8. The Labute approximate surface area is 256 Å². The van der Waals surface area contributed by atoms with Crippen molar-refractivity contribution in [1.82, 2.24) is 0 Å². The van der Waals surface area contributed by atoms with Crippen molar-refractivity contribution in [2.45, 2.75) is 76.5 Å². The van der Waals surface area contributed by atoms with Crippen LogP contribution < -0.4 is 10.2 Å². The summed E-state index contributed by atoms with van der Waals surface area (Å²) in [6.45, 7) is 13.4. The lowest BCUT2D eigenvalue weighted by atomic mass is 9.79. The molecule has 0 amide bonds. The molecule has 0 aromatic heterocycles. The van der Waals surface area contributed by atoms with Crippen LogP contribution >= 0.6 is 11.8 Å². The van der Waals surface area contributed by atoms with Crippen LogP contribution in [-0.2, 0) is 15.6 Å². The summed E-state index contributed by atoms with van der Waals surface area (Å²) in [7, 11) is 0. The molecule has 4 aromatic carbocycles. The summed E-state index contributed by atoms with van der Waals surface area (Å²) < 4.78 is 0. The van der Waals surface area contributed by atoms with Gasteiger partial charge in [-0.05, 0) is 84.3 Å². The maximum absolute atomic E-state index is 13.1. The normalized spacial score (nSPS) is 11.6. The number of aromatic hydroxyl groups is 1. The SMILES string of the molecule is CC(C)(C)c1cc(SC(=O)CCCCN(c2ccccc2)c2ccc(Nc3cc#ccc3)cc2)cc(C(C)(C)C)c1O. The third-order valence-corrected chi connectivity index (χ3v) is 8.04. The zero-order chi connectivity index (χ0) is 30.3. The Balaban J connectivity index is 1.40. The summed E-state index contributed by atoms with van der Waals surface area (Å²) in [6.07, 6.45) is 2.18. The van der Waals surface area contributed by atoms with Crippen molar-refractivity contribution < 1.29 is 9.90 Å². The third-order valence-electron chi connectivity index (χ3n) is 7.14. The van der Waals surface area contributed by atoms with Gasteiger partial charge in [-0.3, -0.25) is 4.79 Å². The van der Waals surface area contributed by atoms with Gasteiger partial charge < -0.3 is 15.3 Å². The molecule has 0 radical (unpaired) electrons. The number of hydrogen-bond donors (Lipinski definition) is 2. The Morgan fingerprint density at radius 2 is 1.43 bits per heavy atom. The van der Waals surface area contributed by atoms with E-state index in [0.29, 0.717) is 12.2 Å². The monoisotopic (exact) mass is 578 g/mol. The molecule has 0 aliphatic rings. The van der Waals surface area contributed by atoms with Crippen LogP contribution in [0.3, 0.4) is 0 Å². The molecule has 2 N–H and O–H groups in total. The number of thioether (sulfide) groups is 1. The van der Waals surface area contributed by atoms with Crippen LogP contribution in [0.4, 0.5) is 22.7 Å². The number of rotatable bonds is 10. The molecular weight excluding hydrogens is 536 g/mol. The van der Waals surface area contributed by atoms with E-state index >= 15 is 0 Å². The quantitative estimate of drug-likeness (QED) is 0.145. The topological polar surface area (TPSA) is 52.6 Å². The number of benzene rings is 3. The zero-order valence-electron chi connectivity index (χ0n) is 25.6. The average molecular weight is 579 g/mol. The largest absolute Gasteiger partial charge is 0.507 e. The minimum Gasteiger partial charge on any atom is -0.507 e. The van der Waals surface area contributed by atoms with E-state index in [4.69, 9.17) is 0 Å². The lowest BCUT2D eigenvalue weighted by molar-refractivity contribution is -0.111. The molecule has 0 spiro atoms. The molecule has 218 valence electrons. The van der Waals surface area contributed by atoms with E-state index in [2.05, 4.69) is 112 Å². The zero-order valence-corrected chi connectivity index (χ0v) is 26.4. The first-order valence-corrected chi connectivity index (χ1v) is 15.4. The molecule has 0 atom stereocenters. The highest BCUT2D eigenvalue weighted by atomic mass is 32.2. The Hall–Kier alpha value is -3.88. The van der Waals surface area contributed by atoms with Gasteiger partial charge in [-0.2, -0.15) is 0 Å². The Bertz CT molecular complexity index is 1420. The van der Waals surface area contributed by atoms with Crippen LogP contribution in [0.15, 0.2) is 89.8 Å². The van der Waals surface area contributed by atoms with Crippen LogP contribution in [0.5, 0.6) is 5.75 Å². The molecule has 0 aliphatic heterocycles. The van der Waals surface area contributed by atoms with Crippen molar-refractivity contribution in [3.63, 3.8) is 0 Å². The molecule has 5 heteroatoms. The van der Waals surface area contributed by atoms with E-state index in [1.54, 1.807) is 0 Å². The van der Waals surface area contributed by atoms with Crippen molar-refractivity contribution in [1.29, 1.82) is 0 Å². The third kappa shape index (κ3) is 8.33. The van der Waals surface area contributed by atoms with Gasteiger partial charge in [-0.25, -0.2) is 0 Å². The van der Waals surface area contributed by atoms with E-state index in [9.17, 15) is 9.90 Å². The van der Waals surface area contributed by atoms with Gasteiger partial charge in [0.05, 0.1) is 0 Å². The van der Waals surface area contributed by atoms with Crippen molar-refractivity contribution in [2.24, 2.45) is 0 Å². The molecule has 42 heavy (non-hydrogen) atoms. The molecule has 0 unspecified atom stereocenters. The van der Waals surface area contributed by atoms with E-state index < -0.39 is 0 Å². The first kappa shape index (κ1) is 31.1. The Morgan fingerprint density at radius 3 is 2.00 bits per heavy atom. The van der Waals surface area contributed by atoms with Crippen LogP contribution in [0.2, 0.25) is 0 Å². The second-order valence-electron chi connectivity index (χ2n) is 12.7. The molecule has 0 aliphatic carbocycles. The number of anilines is 4. The highest BCUT2D eigenvalue weighted by molar-refractivity contribution is 8.13. The fourth-order valence-corrected chi connectivity index (χ4v) is 5.73. The molecule has 4 rings (SSSR count). The summed E-state index contributed by atoms with van der Waals surface area (Å²) in [5, 5.41) is 14.6. The van der Waals surface area contributed by atoms with Crippen LogP contribution in [-0.4, -0.2) is 16.8 Å². The second kappa shape index (κ2) is 13.4. The molecule has 0 bridgehead atoms. The number of carbonyl (C=O) groups excluding carboxylic acids is 1. The highest BCUT2D eigenvalue weighted by Gasteiger charge is 2.27. The standard InChI is InChI=1S/C37H42N2O2S/c1-36(2,3)32-25-31(26-33(35(32)41)37(4,5)6)42-34(40)19-13-14-24-39(29-17-11-8-12-18-29)30-22-20-28(21-23-30)38-27-15-9-7-10-16-27/h8-9,11-12,15-18,20-23,25-26,38,41H,13-14,19,24H2,1-6H3. The Kier molecular flexibility index (Phi) is 9.91. The van der Waals surface area contributed by atoms with Crippen LogP contribution in [0.25, 0.3) is 0 Å². The number of phenolic OH excluding ortho intramolecular Hbond substituents is 1. The minimum absolute atomic E-state index is 0.151. The minimum atomic E-state index is -0.224. The highest BCUT2D eigenvalue weighted by Crippen LogP contribution is 2.42. The smallest absolute Gasteiger partial charge is 0.193 e. The van der Waals surface area contributed by atoms with Crippen LogP contribution in [0.1, 0.15) is 71.9 Å². The first-order chi connectivity index (χ1) is 19.9. The number of phenols is 1. The van der Waals surface area contributed by atoms with Crippen molar-refractivity contribution >= 4 is 39.6 Å². The number of nitrogens with zero attached hydrogens (tertiary/aromatic N) is 1. The molecule has 4 nitrogen and oxygen atoms in total. The molecular formula is C37H42N2O2S. The van der Waals surface area contributed by atoms with Gasteiger partial charge in [0.2, 0.25) is 0 Å². The summed E-state index contributed by atoms with van der Waals surface area (Å²) in [4.78, 5) is 16.3. The summed E-state index contributed by atoms with van der Waals surface area (Å²) in [6, 6.07) is 34.3. The van der Waals surface area contributed by atoms with E-state index in [1.807, 2.05) is 36.4 Å². The predicted molar refractivity (Wildman–Crippen MR) is 178 cm³/mol. The molecule has 0 saturated heterocycles. The van der Waals surface area contributed by atoms with Gasteiger partial charge in [0, 0.05) is 57.8 Å². The van der Waals surface area contributed by atoms with Crippen LogP contribution in [0, 0.1) is 12.1 Å². The van der Waals surface area contributed by atoms with Crippen molar-refractivity contribution in [2.75, 3.05) is 16.8 Å². The summed E-state index contributed by atoms with van der Waals surface area (Å²) in [5.74, 6) is 0.342.